The number of rotatable bonds is 3. The minimum Gasteiger partial charge on any atom is -0.341 e. The quantitative estimate of drug-likeness (QED) is 0.813. The van der Waals surface area contributed by atoms with E-state index in [9.17, 15) is 9.59 Å². The van der Waals surface area contributed by atoms with Crippen LogP contribution in [-0.4, -0.2) is 19.0 Å². The van der Waals surface area contributed by atoms with E-state index in [1.54, 1.807) is 37.4 Å². The van der Waals surface area contributed by atoms with Crippen molar-refractivity contribution in [3.05, 3.63) is 59.2 Å². The predicted octanol–water partition coefficient (Wildman–Crippen LogP) is 3.31. The number of amides is 3. The Bertz CT molecular complexity index is 711. The molecule has 22 heavy (non-hydrogen) atoms. The summed E-state index contributed by atoms with van der Waals surface area (Å²) in [6, 6.07) is 12.3. The molecule has 2 rings (SSSR count). The summed E-state index contributed by atoms with van der Waals surface area (Å²) in [5.74, 6) is -0.180. The largest absolute Gasteiger partial charge is 0.341 e. The molecule has 3 amide bonds. The summed E-state index contributed by atoms with van der Waals surface area (Å²) in [5, 5.41) is 7.96. The second kappa shape index (κ2) is 6.76. The van der Waals surface area contributed by atoms with E-state index >= 15 is 0 Å². The van der Waals surface area contributed by atoms with Gasteiger partial charge in [-0.1, -0.05) is 12.1 Å². The molecule has 0 bridgehead atoms. The van der Waals surface area contributed by atoms with Crippen LogP contribution in [0.25, 0.3) is 0 Å². The third kappa shape index (κ3) is 3.85. The van der Waals surface area contributed by atoms with Gasteiger partial charge in [0, 0.05) is 24.0 Å². The first kappa shape index (κ1) is 15.6. The molecule has 114 valence electrons. The Balaban J connectivity index is 2.12. The number of aryl methyl sites for hydroxylation is 2. The lowest BCUT2D eigenvalue weighted by molar-refractivity contribution is 0.102. The molecule has 0 heterocycles. The Morgan fingerprint density at radius 2 is 1.55 bits per heavy atom. The second-order valence-corrected chi connectivity index (χ2v) is 5.04. The Labute approximate surface area is 129 Å². The topological polar surface area (TPSA) is 70.2 Å². The van der Waals surface area contributed by atoms with Gasteiger partial charge in [0.25, 0.3) is 5.91 Å². The van der Waals surface area contributed by atoms with Crippen LogP contribution >= 0.6 is 0 Å². The first-order chi connectivity index (χ1) is 10.5. The molecule has 2 aromatic carbocycles. The number of nitrogens with one attached hydrogen (secondary N) is 3. The van der Waals surface area contributed by atoms with Crippen molar-refractivity contribution >= 4 is 23.3 Å². The molecular formula is C17H19N3O2. The minimum atomic E-state index is -0.308. The van der Waals surface area contributed by atoms with Crippen LogP contribution in [0, 0.1) is 13.8 Å². The second-order valence-electron chi connectivity index (χ2n) is 5.04. The van der Waals surface area contributed by atoms with Crippen molar-refractivity contribution < 1.29 is 9.59 Å². The summed E-state index contributed by atoms with van der Waals surface area (Å²) < 4.78 is 0. The van der Waals surface area contributed by atoms with Gasteiger partial charge in [-0.15, -0.1) is 0 Å². The average Bonchev–Trinajstić information content (AvgIpc) is 2.50. The molecule has 5 heteroatoms. The third-order valence-electron chi connectivity index (χ3n) is 3.37. The summed E-state index contributed by atoms with van der Waals surface area (Å²) in [5.41, 5.74) is 4.05. The van der Waals surface area contributed by atoms with Crippen molar-refractivity contribution in [1.82, 2.24) is 5.32 Å². The van der Waals surface area contributed by atoms with Gasteiger partial charge in [0.2, 0.25) is 0 Å². The smallest absolute Gasteiger partial charge is 0.318 e. The Hall–Kier alpha value is -2.82. The highest BCUT2D eigenvalue weighted by atomic mass is 16.2. The number of urea groups is 1. The van der Waals surface area contributed by atoms with Crippen molar-refractivity contribution in [3.63, 3.8) is 0 Å². The van der Waals surface area contributed by atoms with Gasteiger partial charge < -0.3 is 16.0 Å². The SMILES string of the molecule is CNC(=O)Nc1cccc(NC(=O)c2ccc(C)c(C)c2)c1. The molecule has 2 aromatic rings. The van der Waals surface area contributed by atoms with Crippen molar-refractivity contribution in [1.29, 1.82) is 0 Å². The highest BCUT2D eigenvalue weighted by Gasteiger charge is 2.08. The molecule has 0 saturated heterocycles. The number of carbonyl (C=O) groups excluding carboxylic acids is 2. The fourth-order valence-corrected chi connectivity index (χ4v) is 1.95. The summed E-state index contributed by atoms with van der Waals surface area (Å²) in [4.78, 5) is 23.6. The minimum absolute atomic E-state index is 0.180. The molecule has 0 unspecified atom stereocenters. The van der Waals surface area contributed by atoms with Crippen molar-refractivity contribution in [2.24, 2.45) is 0 Å². The van der Waals surface area contributed by atoms with Crippen LogP contribution in [0.4, 0.5) is 16.2 Å². The van der Waals surface area contributed by atoms with E-state index in [2.05, 4.69) is 16.0 Å². The standard InChI is InChI=1S/C17H19N3O2/c1-11-7-8-13(9-12(11)2)16(21)19-14-5-4-6-15(10-14)20-17(22)18-3/h4-10H,1-3H3,(H,19,21)(H2,18,20,22). The van der Waals surface area contributed by atoms with E-state index in [0.717, 1.165) is 11.1 Å². The molecule has 0 aliphatic carbocycles. The van der Waals surface area contributed by atoms with Crippen molar-refractivity contribution in [2.45, 2.75) is 13.8 Å². The Morgan fingerprint density at radius 1 is 0.864 bits per heavy atom. The number of carbonyl (C=O) groups is 2. The molecule has 0 atom stereocenters. The van der Waals surface area contributed by atoms with Gasteiger partial charge in [-0.05, 0) is 55.3 Å². The van der Waals surface area contributed by atoms with E-state index in [-0.39, 0.29) is 11.9 Å². The highest BCUT2D eigenvalue weighted by Crippen LogP contribution is 2.17. The molecule has 0 radical (unpaired) electrons. The van der Waals surface area contributed by atoms with E-state index in [4.69, 9.17) is 0 Å². The molecule has 3 N–H and O–H groups in total. The van der Waals surface area contributed by atoms with Crippen LogP contribution in [0.2, 0.25) is 0 Å². The molecule has 0 fully saturated rings. The Morgan fingerprint density at radius 3 is 2.18 bits per heavy atom. The molecule has 0 aliphatic heterocycles. The van der Waals surface area contributed by atoms with Gasteiger partial charge in [0.15, 0.2) is 0 Å². The van der Waals surface area contributed by atoms with E-state index < -0.39 is 0 Å². The lowest BCUT2D eigenvalue weighted by Crippen LogP contribution is -2.24. The molecular weight excluding hydrogens is 278 g/mol. The summed E-state index contributed by atoms with van der Waals surface area (Å²) >= 11 is 0. The van der Waals surface area contributed by atoms with Crippen LogP contribution in [0.5, 0.6) is 0 Å². The van der Waals surface area contributed by atoms with Gasteiger partial charge in [-0.3, -0.25) is 4.79 Å². The molecule has 0 aromatic heterocycles. The normalized spacial score (nSPS) is 9.95. The zero-order valence-electron chi connectivity index (χ0n) is 12.9. The highest BCUT2D eigenvalue weighted by molar-refractivity contribution is 6.04. The predicted molar refractivity (Wildman–Crippen MR) is 88.4 cm³/mol. The zero-order chi connectivity index (χ0) is 16.1. The zero-order valence-corrected chi connectivity index (χ0v) is 12.9. The van der Waals surface area contributed by atoms with E-state index in [1.165, 1.54) is 0 Å². The number of benzene rings is 2. The van der Waals surface area contributed by atoms with E-state index in [0.29, 0.717) is 16.9 Å². The van der Waals surface area contributed by atoms with Gasteiger partial charge in [0.05, 0.1) is 0 Å². The van der Waals surface area contributed by atoms with Crippen molar-refractivity contribution in [3.8, 4) is 0 Å². The van der Waals surface area contributed by atoms with Gasteiger partial charge >= 0.3 is 6.03 Å². The Kier molecular flexibility index (Phi) is 4.78. The van der Waals surface area contributed by atoms with Crippen LogP contribution in [-0.2, 0) is 0 Å². The monoisotopic (exact) mass is 297 g/mol. The maximum absolute atomic E-state index is 12.3. The number of anilines is 2. The summed E-state index contributed by atoms with van der Waals surface area (Å²) in [6.07, 6.45) is 0. The molecule has 0 saturated carbocycles. The van der Waals surface area contributed by atoms with Crippen LogP contribution in [0.1, 0.15) is 21.5 Å². The first-order valence-corrected chi connectivity index (χ1v) is 6.97. The summed E-state index contributed by atoms with van der Waals surface area (Å²) in [6.45, 7) is 3.98. The van der Waals surface area contributed by atoms with E-state index in [1.807, 2.05) is 26.0 Å². The lowest BCUT2D eigenvalue weighted by Gasteiger charge is -2.09. The maximum Gasteiger partial charge on any atom is 0.318 e. The average molecular weight is 297 g/mol. The first-order valence-electron chi connectivity index (χ1n) is 6.97. The third-order valence-corrected chi connectivity index (χ3v) is 3.37. The van der Waals surface area contributed by atoms with Crippen LogP contribution in [0.3, 0.4) is 0 Å². The fourth-order valence-electron chi connectivity index (χ4n) is 1.95. The molecule has 0 aliphatic rings. The van der Waals surface area contributed by atoms with Crippen LogP contribution in [0.15, 0.2) is 42.5 Å². The fraction of sp³-hybridized carbons (Fsp3) is 0.176. The molecule has 5 nitrogen and oxygen atoms in total. The molecule has 0 spiro atoms. The van der Waals surface area contributed by atoms with Gasteiger partial charge in [-0.25, -0.2) is 4.79 Å². The van der Waals surface area contributed by atoms with Gasteiger partial charge in [-0.2, -0.15) is 0 Å². The lowest BCUT2D eigenvalue weighted by atomic mass is 10.1. The van der Waals surface area contributed by atoms with Crippen LogP contribution < -0.4 is 16.0 Å². The summed E-state index contributed by atoms with van der Waals surface area (Å²) in [7, 11) is 1.54. The number of hydrogen-bond donors (Lipinski definition) is 3. The van der Waals surface area contributed by atoms with Gasteiger partial charge in [0.1, 0.15) is 0 Å². The van der Waals surface area contributed by atoms with Crippen molar-refractivity contribution in [2.75, 3.05) is 17.7 Å². The maximum atomic E-state index is 12.3. The number of hydrogen-bond acceptors (Lipinski definition) is 2.